The zero-order chi connectivity index (χ0) is 19.5. The van der Waals surface area contributed by atoms with Gasteiger partial charge in [0.1, 0.15) is 10.9 Å². The summed E-state index contributed by atoms with van der Waals surface area (Å²) in [4.78, 5) is 20.1. The standard InChI is InChI=1S/C19H24ClN5O2/c1-21-19(22-10-9-15-5-8-17(20)23-11-15)25-13-18(26)24-12-14-3-6-16(27-2)7-4-14/h3-8,11H,9-10,12-13H2,1-2H3,(H,24,26)(H2,21,22,25). The van der Waals surface area contributed by atoms with Crippen molar-refractivity contribution in [3.63, 3.8) is 0 Å². The molecule has 1 amide bonds. The second-order valence-corrected chi connectivity index (χ2v) is 6.10. The van der Waals surface area contributed by atoms with Crippen molar-refractivity contribution in [3.05, 3.63) is 58.9 Å². The number of ether oxygens (including phenoxy) is 1. The van der Waals surface area contributed by atoms with Crippen LogP contribution in [-0.2, 0) is 17.8 Å². The molecular weight excluding hydrogens is 366 g/mol. The van der Waals surface area contributed by atoms with Crippen LogP contribution in [-0.4, -0.2) is 44.1 Å². The van der Waals surface area contributed by atoms with Crippen LogP contribution < -0.4 is 20.7 Å². The number of halogens is 1. The zero-order valence-corrected chi connectivity index (χ0v) is 16.2. The van der Waals surface area contributed by atoms with Crippen LogP contribution in [0, 0.1) is 0 Å². The summed E-state index contributed by atoms with van der Waals surface area (Å²) < 4.78 is 5.11. The van der Waals surface area contributed by atoms with Gasteiger partial charge in [0.2, 0.25) is 5.91 Å². The van der Waals surface area contributed by atoms with Crippen LogP contribution in [0.2, 0.25) is 5.15 Å². The molecule has 1 heterocycles. The molecule has 1 aromatic carbocycles. The first-order chi connectivity index (χ1) is 13.1. The molecule has 0 radical (unpaired) electrons. The first kappa shape index (κ1) is 20.5. The molecule has 0 spiro atoms. The average Bonchev–Trinajstić information content (AvgIpc) is 2.70. The first-order valence-electron chi connectivity index (χ1n) is 8.55. The number of guanidine groups is 1. The molecule has 2 aromatic rings. The van der Waals surface area contributed by atoms with Gasteiger partial charge in [-0.25, -0.2) is 4.98 Å². The number of aromatic nitrogens is 1. The van der Waals surface area contributed by atoms with Crippen molar-refractivity contribution in [1.29, 1.82) is 0 Å². The maximum Gasteiger partial charge on any atom is 0.239 e. The summed E-state index contributed by atoms with van der Waals surface area (Å²) in [5, 5.41) is 9.48. The Morgan fingerprint density at radius 3 is 2.48 bits per heavy atom. The van der Waals surface area contributed by atoms with Gasteiger partial charge in [0, 0.05) is 26.3 Å². The lowest BCUT2D eigenvalue weighted by Gasteiger charge is -2.12. The first-order valence-corrected chi connectivity index (χ1v) is 8.93. The molecule has 0 aliphatic rings. The number of rotatable bonds is 8. The van der Waals surface area contributed by atoms with Gasteiger partial charge in [0.15, 0.2) is 5.96 Å². The molecule has 0 unspecified atom stereocenters. The predicted octanol–water partition coefficient (Wildman–Crippen LogP) is 1.77. The van der Waals surface area contributed by atoms with E-state index in [1.54, 1.807) is 26.4 Å². The second-order valence-electron chi connectivity index (χ2n) is 5.72. The lowest BCUT2D eigenvalue weighted by atomic mass is 10.2. The van der Waals surface area contributed by atoms with E-state index in [1.807, 2.05) is 30.3 Å². The molecule has 7 nitrogen and oxygen atoms in total. The van der Waals surface area contributed by atoms with E-state index in [0.29, 0.717) is 24.2 Å². The van der Waals surface area contributed by atoms with Crippen LogP contribution in [0.5, 0.6) is 5.75 Å². The van der Waals surface area contributed by atoms with Crippen molar-refractivity contribution in [2.24, 2.45) is 4.99 Å². The van der Waals surface area contributed by atoms with Crippen LogP contribution >= 0.6 is 11.6 Å². The zero-order valence-electron chi connectivity index (χ0n) is 15.5. The van der Waals surface area contributed by atoms with Gasteiger partial charge in [-0.1, -0.05) is 29.8 Å². The highest BCUT2D eigenvalue weighted by molar-refractivity contribution is 6.29. The second kappa shape index (κ2) is 11.0. The van der Waals surface area contributed by atoms with E-state index < -0.39 is 0 Å². The van der Waals surface area contributed by atoms with Gasteiger partial charge in [-0.15, -0.1) is 0 Å². The molecule has 27 heavy (non-hydrogen) atoms. The number of hydrogen-bond acceptors (Lipinski definition) is 4. The number of carbonyl (C=O) groups is 1. The molecule has 0 atom stereocenters. The Morgan fingerprint density at radius 2 is 1.85 bits per heavy atom. The maximum atomic E-state index is 12.0. The summed E-state index contributed by atoms with van der Waals surface area (Å²) in [5.74, 6) is 1.24. The summed E-state index contributed by atoms with van der Waals surface area (Å²) >= 11 is 5.77. The number of hydrogen-bond donors (Lipinski definition) is 3. The van der Waals surface area contributed by atoms with Gasteiger partial charge < -0.3 is 20.7 Å². The van der Waals surface area contributed by atoms with Gasteiger partial charge in [-0.3, -0.25) is 9.79 Å². The van der Waals surface area contributed by atoms with Crippen molar-refractivity contribution >= 4 is 23.5 Å². The topological polar surface area (TPSA) is 87.6 Å². The average molecular weight is 390 g/mol. The molecule has 0 saturated carbocycles. The number of nitrogens with one attached hydrogen (secondary N) is 3. The van der Waals surface area contributed by atoms with E-state index in [1.165, 1.54) is 0 Å². The predicted molar refractivity (Wildman–Crippen MR) is 107 cm³/mol. The SMILES string of the molecule is CN=C(NCCc1ccc(Cl)nc1)NCC(=O)NCc1ccc(OC)cc1. The Bertz CT molecular complexity index is 748. The quantitative estimate of drug-likeness (QED) is 0.364. The summed E-state index contributed by atoms with van der Waals surface area (Å²) in [5.41, 5.74) is 2.07. The van der Waals surface area contributed by atoms with Gasteiger partial charge in [0.25, 0.3) is 0 Å². The third kappa shape index (κ3) is 7.53. The molecule has 0 aliphatic carbocycles. The number of aliphatic imine (C=N–C) groups is 1. The number of pyridine rings is 1. The van der Waals surface area contributed by atoms with Crippen molar-refractivity contribution in [3.8, 4) is 5.75 Å². The molecule has 0 bridgehead atoms. The minimum atomic E-state index is -0.115. The van der Waals surface area contributed by atoms with Gasteiger partial charge in [0.05, 0.1) is 13.7 Å². The summed E-state index contributed by atoms with van der Waals surface area (Å²) in [7, 11) is 3.28. The van der Waals surface area contributed by atoms with Crippen molar-refractivity contribution in [2.75, 3.05) is 27.2 Å². The van der Waals surface area contributed by atoms with Crippen LogP contribution in [0.15, 0.2) is 47.6 Å². The number of carbonyl (C=O) groups excluding carboxylic acids is 1. The minimum absolute atomic E-state index is 0.115. The van der Waals surface area contributed by atoms with E-state index in [4.69, 9.17) is 16.3 Å². The van der Waals surface area contributed by atoms with Crippen molar-refractivity contribution in [1.82, 2.24) is 20.9 Å². The van der Waals surface area contributed by atoms with Crippen LogP contribution in [0.25, 0.3) is 0 Å². The Kier molecular flexibility index (Phi) is 8.38. The lowest BCUT2D eigenvalue weighted by molar-refractivity contribution is -0.120. The third-order valence-electron chi connectivity index (χ3n) is 3.78. The van der Waals surface area contributed by atoms with Crippen molar-refractivity contribution in [2.45, 2.75) is 13.0 Å². The van der Waals surface area contributed by atoms with Gasteiger partial charge in [-0.2, -0.15) is 0 Å². The van der Waals surface area contributed by atoms with Crippen LogP contribution in [0.3, 0.4) is 0 Å². The highest BCUT2D eigenvalue weighted by Gasteiger charge is 2.04. The molecule has 2 rings (SSSR count). The summed E-state index contributed by atoms with van der Waals surface area (Å²) in [6.45, 7) is 1.26. The highest BCUT2D eigenvalue weighted by atomic mass is 35.5. The van der Waals surface area contributed by atoms with Crippen LogP contribution in [0.4, 0.5) is 0 Å². The molecule has 8 heteroatoms. The Balaban J connectivity index is 1.66. The number of methoxy groups -OCH3 is 1. The molecule has 1 aromatic heterocycles. The fourth-order valence-electron chi connectivity index (χ4n) is 2.27. The van der Waals surface area contributed by atoms with Gasteiger partial charge >= 0.3 is 0 Å². The van der Waals surface area contributed by atoms with Crippen LogP contribution in [0.1, 0.15) is 11.1 Å². The number of benzene rings is 1. The van der Waals surface area contributed by atoms with Crippen molar-refractivity contribution < 1.29 is 9.53 Å². The summed E-state index contributed by atoms with van der Waals surface area (Å²) in [6.07, 6.45) is 2.52. The Labute approximate surface area is 164 Å². The molecule has 0 saturated heterocycles. The Hall–Kier alpha value is -2.80. The van der Waals surface area contributed by atoms with E-state index in [9.17, 15) is 4.79 Å². The van der Waals surface area contributed by atoms with E-state index in [-0.39, 0.29) is 12.5 Å². The Morgan fingerprint density at radius 1 is 1.11 bits per heavy atom. The van der Waals surface area contributed by atoms with E-state index in [2.05, 4.69) is 25.9 Å². The number of nitrogens with zero attached hydrogens (tertiary/aromatic N) is 2. The van der Waals surface area contributed by atoms with E-state index in [0.717, 1.165) is 23.3 Å². The lowest BCUT2D eigenvalue weighted by Crippen LogP contribution is -2.43. The molecule has 0 aliphatic heterocycles. The van der Waals surface area contributed by atoms with Gasteiger partial charge in [-0.05, 0) is 35.7 Å². The minimum Gasteiger partial charge on any atom is -0.497 e. The molecular formula is C19H24ClN5O2. The summed E-state index contributed by atoms with van der Waals surface area (Å²) in [6, 6.07) is 11.2. The highest BCUT2D eigenvalue weighted by Crippen LogP contribution is 2.10. The fraction of sp³-hybridized carbons (Fsp3) is 0.316. The number of amides is 1. The maximum absolute atomic E-state index is 12.0. The molecule has 144 valence electrons. The normalized spacial score (nSPS) is 11.0. The molecule has 3 N–H and O–H groups in total. The third-order valence-corrected chi connectivity index (χ3v) is 4.01. The van der Waals surface area contributed by atoms with E-state index >= 15 is 0 Å². The smallest absolute Gasteiger partial charge is 0.239 e. The monoisotopic (exact) mass is 389 g/mol. The fourth-order valence-corrected chi connectivity index (χ4v) is 2.38. The largest absolute Gasteiger partial charge is 0.497 e. The molecule has 0 fully saturated rings.